The molecular weight excluding hydrogens is 294 g/mol. The number of halogens is 1. The SMILES string of the molecule is COc1ccc(Br)c(CN2CCCC(C=O)C2)c1. The highest BCUT2D eigenvalue weighted by Crippen LogP contribution is 2.25. The Balaban J connectivity index is 2.06. The fourth-order valence-electron chi connectivity index (χ4n) is 2.39. The van der Waals surface area contributed by atoms with Crippen LogP contribution < -0.4 is 4.74 Å². The highest BCUT2D eigenvalue weighted by atomic mass is 79.9. The molecule has 1 fully saturated rings. The van der Waals surface area contributed by atoms with Crippen LogP contribution in [0.1, 0.15) is 18.4 Å². The molecule has 1 aliphatic heterocycles. The second-order valence-corrected chi connectivity index (χ2v) is 5.59. The molecule has 1 heterocycles. The van der Waals surface area contributed by atoms with Gasteiger partial charge in [0.05, 0.1) is 7.11 Å². The van der Waals surface area contributed by atoms with Gasteiger partial charge in [0.1, 0.15) is 12.0 Å². The Hall–Kier alpha value is -0.870. The van der Waals surface area contributed by atoms with E-state index >= 15 is 0 Å². The molecule has 98 valence electrons. The van der Waals surface area contributed by atoms with E-state index in [9.17, 15) is 4.79 Å². The minimum Gasteiger partial charge on any atom is -0.497 e. The zero-order valence-electron chi connectivity index (χ0n) is 10.6. The van der Waals surface area contributed by atoms with Crippen LogP contribution in [0.3, 0.4) is 0 Å². The molecule has 4 heteroatoms. The third kappa shape index (κ3) is 3.33. The number of piperidine rings is 1. The molecule has 1 aromatic rings. The maximum atomic E-state index is 10.9. The number of ether oxygens (including phenoxy) is 1. The Morgan fingerprint density at radius 1 is 1.56 bits per heavy atom. The molecule has 0 saturated carbocycles. The second kappa shape index (κ2) is 6.34. The lowest BCUT2D eigenvalue weighted by atomic mass is 9.99. The molecule has 3 nitrogen and oxygen atoms in total. The lowest BCUT2D eigenvalue weighted by Gasteiger charge is -2.30. The maximum Gasteiger partial charge on any atom is 0.124 e. The molecule has 1 saturated heterocycles. The first kappa shape index (κ1) is 13.6. The summed E-state index contributed by atoms with van der Waals surface area (Å²) < 4.78 is 6.34. The molecule has 0 amide bonds. The molecule has 0 spiro atoms. The number of aldehydes is 1. The van der Waals surface area contributed by atoms with Gasteiger partial charge in [-0.05, 0) is 43.1 Å². The van der Waals surface area contributed by atoms with Crippen molar-refractivity contribution in [1.82, 2.24) is 4.90 Å². The average Bonchev–Trinajstić information content (AvgIpc) is 2.41. The number of nitrogens with zero attached hydrogens (tertiary/aromatic N) is 1. The summed E-state index contributed by atoms with van der Waals surface area (Å²) in [6.07, 6.45) is 3.22. The van der Waals surface area contributed by atoms with Crippen LogP contribution in [0.2, 0.25) is 0 Å². The predicted octanol–water partition coefficient (Wildman–Crippen LogP) is 2.87. The Labute approximate surface area is 116 Å². The predicted molar refractivity (Wildman–Crippen MR) is 74.8 cm³/mol. The molecule has 1 unspecified atom stereocenters. The summed E-state index contributed by atoms with van der Waals surface area (Å²) in [5.41, 5.74) is 1.21. The molecule has 2 rings (SSSR count). The van der Waals surface area contributed by atoms with Crippen molar-refractivity contribution in [3.05, 3.63) is 28.2 Å². The highest BCUT2D eigenvalue weighted by Gasteiger charge is 2.19. The van der Waals surface area contributed by atoms with E-state index in [0.29, 0.717) is 0 Å². The monoisotopic (exact) mass is 311 g/mol. The van der Waals surface area contributed by atoms with Crippen LogP contribution in [0.15, 0.2) is 22.7 Å². The first-order valence-electron chi connectivity index (χ1n) is 6.23. The van der Waals surface area contributed by atoms with Crippen molar-refractivity contribution in [2.75, 3.05) is 20.2 Å². The van der Waals surface area contributed by atoms with Crippen molar-refractivity contribution in [2.45, 2.75) is 19.4 Å². The van der Waals surface area contributed by atoms with Crippen LogP contribution in [-0.2, 0) is 11.3 Å². The first-order chi connectivity index (χ1) is 8.72. The normalized spacial score (nSPS) is 20.7. The lowest BCUT2D eigenvalue weighted by Crippen LogP contribution is -2.35. The summed E-state index contributed by atoms with van der Waals surface area (Å²) in [5.74, 6) is 1.07. The molecule has 1 aliphatic rings. The highest BCUT2D eigenvalue weighted by molar-refractivity contribution is 9.10. The van der Waals surface area contributed by atoms with Crippen molar-refractivity contribution in [1.29, 1.82) is 0 Å². The number of methoxy groups -OCH3 is 1. The summed E-state index contributed by atoms with van der Waals surface area (Å²) in [6, 6.07) is 6.00. The smallest absolute Gasteiger partial charge is 0.124 e. The van der Waals surface area contributed by atoms with E-state index in [4.69, 9.17) is 4.74 Å². The number of likely N-dealkylation sites (tertiary alicyclic amines) is 1. The van der Waals surface area contributed by atoms with Gasteiger partial charge in [-0.2, -0.15) is 0 Å². The molecule has 0 aromatic heterocycles. The summed E-state index contributed by atoms with van der Waals surface area (Å²) >= 11 is 3.57. The van der Waals surface area contributed by atoms with Crippen LogP contribution in [0.4, 0.5) is 0 Å². The van der Waals surface area contributed by atoms with Crippen LogP contribution in [-0.4, -0.2) is 31.4 Å². The summed E-state index contributed by atoms with van der Waals surface area (Å²) in [6.45, 7) is 2.79. The third-order valence-corrected chi connectivity index (χ3v) is 4.15. The Bertz CT molecular complexity index is 422. The largest absolute Gasteiger partial charge is 0.497 e. The van der Waals surface area contributed by atoms with E-state index in [1.54, 1.807) is 7.11 Å². The molecule has 1 aromatic carbocycles. The summed E-state index contributed by atoms with van der Waals surface area (Å²) in [4.78, 5) is 13.2. The van der Waals surface area contributed by atoms with Crippen molar-refractivity contribution in [3.8, 4) is 5.75 Å². The van der Waals surface area contributed by atoms with E-state index in [-0.39, 0.29) is 5.92 Å². The minimum atomic E-state index is 0.197. The van der Waals surface area contributed by atoms with Gasteiger partial charge in [0.2, 0.25) is 0 Å². The molecule has 18 heavy (non-hydrogen) atoms. The van der Waals surface area contributed by atoms with Crippen molar-refractivity contribution in [2.24, 2.45) is 5.92 Å². The van der Waals surface area contributed by atoms with E-state index in [2.05, 4.69) is 26.9 Å². The zero-order valence-corrected chi connectivity index (χ0v) is 12.1. The third-order valence-electron chi connectivity index (χ3n) is 3.38. The molecular formula is C14H18BrNO2. The molecule has 0 N–H and O–H groups in total. The van der Waals surface area contributed by atoms with E-state index in [1.807, 2.05) is 12.1 Å². The van der Waals surface area contributed by atoms with E-state index in [1.165, 1.54) is 5.56 Å². The standard InChI is InChI=1S/C14H18BrNO2/c1-18-13-4-5-14(15)12(7-13)9-16-6-2-3-11(8-16)10-17/h4-5,7,10-11H,2-3,6,8-9H2,1H3. The number of carbonyl (C=O) groups is 1. The van der Waals surface area contributed by atoms with E-state index in [0.717, 1.165) is 49.0 Å². The van der Waals surface area contributed by atoms with Gasteiger partial charge in [0.25, 0.3) is 0 Å². The fraction of sp³-hybridized carbons (Fsp3) is 0.500. The number of benzene rings is 1. The van der Waals surface area contributed by atoms with Gasteiger partial charge in [-0.1, -0.05) is 15.9 Å². The molecule has 1 atom stereocenters. The van der Waals surface area contributed by atoms with Crippen LogP contribution in [0, 0.1) is 5.92 Å². The van der Waals surface area contributed by atoms with Gasteiger partial charge >= 0.3 is 0 Å². The van der Waals surface area contributed by atoms with Gasteiger partial charge in [0, 0.05) is 23.5 Å². The van der Waals surface area contributed by atoms with Gasteiger partial charge < -0.3 is 9.53 Å². The van der Waals surface area contributed by atoms with Crippen molar-refractivity contribution >= 4 is 22.2 Å². The molecule has 0 bridgehead atoms. The Morgan fingerprint density at radius 3 is 3.11 bits per heavy atom. The zero-order chi connectivity index (χ0) is 13.0. The number of rotatable bonds is 4. The number of hydrogen-bond acceptors (Lipinski definition) is 3. The fourth-order valence-corrected chi connectivity index (χ4v) is 2.76. The van der Waals surface area contributed by atoms with Gasteiger partial charge in [-0.25, -0.2) is 0 Å². The second-order valence-electron chi connectivity index (χ2n) is 4.73. The van der Waals surface area contributed by atoms with Crippen molar-refractivity contribution < 1.29 is 9.53 Å². The summed E-state index contributed by atoms with van der Waals surface area (Å²) in [7, 11) is 1.68. The lowest BCUT2D eigenvalue weighted by molar-refractivity contribution is -0.112. The molecule has 0 aliphatic carbocycles. The van der Waals surface area contributed by atoms with Crippen LogP contribution in [0.5, 0.6) is 5.75 Å². The molecule has 0 radical (unpaired) electrons. The average molecular weight is 312 g/mol. The number of carbonyl (C=O) groups excluding carboxylic acids is 1. The Kier molecular flexibility index (Phi) is 4.78. The van der Waals surface area contributed by atoms with E-state index < -0.39 is 0 Å². The van der Waals surface area contributed by atoms with Crippen LogP contribution >= 0.6 is 15.9 Å². The Morgan fingerprint density at radius 2 is 2.39 bits per heavy atom. The first-order valence-corrected chi connectivity index (χ1v) is 7.02. The maximum absolute atomic E-state index is 10.9. The van der Waals surface area contributed by atoms with Crippen molar-refractivity contribution in [3.63, 3.8) is 0 Å². The quantitative estimate of drug-likeness (QED) is 0.801. The minimum absolute atomic E-state index is 0.197. The van der Waals surface area contributed by atoms with Gasteiger partial charge in [-0.15, -0.1) is 0 Å². The van der Waals surface area contributed by atoms with Gasteiger partial charge in [0.15, 0.2) is 0 Å². The summed E-state index contributed by atoms with van der Waals surface area (Å²) in [5, 5.41) is 0. The topological polar surface area (TPSA) is 29.5 Å². The van der Waals surface area contributed by atoms with Crippen LogP contribution in [0.25, 0.3) is 0 Å². The van der Waals surface area contributed by atoms with Gasteiger partial charge in [-0.3, -0.25) is 4.90 Å². The number of hydrogen-bond donors (Lipinski definition) is 0.